The maximum Gasteiger partial charge on any atom is -0.0241 e. The van der Waals surface area contributed by atoms with Gasteiger partial charge in [0.15, 0.2) is 0 Å². The third kappa shape index (κ3) is 9.03. The first-order valence-corrected chi connectivity index (χ1v) is 9.41. The third-order valence-corrected chi connectivity index (χ3v) is 5.23. The van der Waals surface area contributed by atoms with E-state index in [9.17, 15) is 0 Å². The lowest BCUT2D eigenvalue weighted by Crippen LogP contribution is -2.15. The number of rotatable bonds is 13. The van der Waals surface area contributed by atoms with E-state index in [-0.39, 0.29) is 0 Å². The minimum Gasteiger partial charge on any atom is -0.0654 e. The van der Waals surface area contributed by atoms with E-state index in [1.54, 1.807) is 5.92 Å². The van der Waals surface area contributed by atoms with Gasteiger partial charge < -0.3 is 0 Å². The van der Waals surface area contributed by atoms with E-state index in [0.717, 1.165) is 17.8 Å². The van der Waals surface area contributed by atoms with E-state index in [1.165, 1.54) is 64.2 Å². The van der Waals surface area contributed by atoms with E-state index in [2.05, 4.69) is 41.5 Å². The van der Waals surface area contributed by atoms with Gasteiger partial charge in [0.25, 0.3) is 0 Å². The first-order valence-electron chi connectivity index (χ1n) is 9.41. The molecule has 0 saturated heterocycles. The molecule has 3 atom stereocenters. The predicted molar refractivity (Wildman–Crippen MR) is 93.9 cm³/mol. The van der Waals surface area contributed by atoms with Gasteiger partial charge in [-0.2, -0.15) is 0 Å². The van der Waals surface area contributed by atoms with Gasteiger partial charge in [-0.25, -0.2) is 0 Å². The maximum atomic E-state index is 2.47. The Labute approximate surface area is 130 Å². The molecule has 0 aliphatic carbocycles. The Bertz CT molecular complexity index is 174. The SMILES string of the molecule is CCCCC(CC)C[C](C)C(C)CC(CC)CCCC. The van der Waals surface area contributed by atoms with Crippen LogP contribution in [0.5, 0.6) is 0 Å². The monoisotopic (exact) mass is 281 g/mol. The minimum atomic E-state index is 0.826. The summed E-state index contributed by atoms with van der Waals surface area (Å²) in [5, 5.41) is 0. The Morgan fingerprint density at radius 2 is 1.30 bits per heavy atom. The molecular formula is C20H41. The van der Waals surface area contributed by atoms with Gasteiger partial charge in [-0.3, -0.25) is 0 Å². The fourth-order valence-electron chi connectivity index (χ4n) is 3.28. The van der Waals surface area contributed by atoms with Crippen LogP contribution in [-0.2, 0) is 0 Å². The van der Waals surface area contributed by atoms with Crippen molar-refractivity contribution >= 4 is 0 Å². The van der Waals surface area contributed by atoms with Gasteiger partial charge in [0, 0.05) is 0 Å². The molecule has 0 nitrogen and oxygen atoms in total. The summed E-state index contributed by atoms with van der Waals surface area (Å²) in [7, 11) is 0. The van der Waals surface area contributed by atoms with Crippen LogP contribution in [-0.4, -0.2) is 0 Å². The fourth-order valence-corrected chi connectivity index (χ4v) is 3.28. The largest absolute Gasteiger partial charge is 0.0654 e. The molecule has 1 radical (unpaired) electrons. The van der Waals surface area contributed by atoms with Crippen molar-refractivity contribution in [2.45, 2.75) is 106 Å². The van der Waals surface area contributed by atoms with Crippen molar-refractivity contribution in [3.63, 3.8) is 0 Å². The lowest BCUT2D eigenvalue weighted by molar-refractivity contribution is 0.330. The molecule has 0 bridgehead atoms. The first-order chi connectivity index (χ1) is 9.58. The van der Waals surface area contributed by atoms with Crippen molar-refractivity contribution in [3.05, 3.63) is 5.92 Å². The van der Waals surface area contributed by atoms with Crippen LogP contribution in [0, 0.1) is 23.7 Å². The van der Waals surface area contributed by atoms with Crippen molar-refractivity contribution in [1.82, 2.24) is 0 Å². The molecule has 0 heteroatoms. The van der Waals surface area contributed by atoms with Crippen LogP contribution in [0.1, 0.15) is 106 Å². The molecule has 3 unspecified atom stereocenters. The van der Waals surface area contributed by atoms with Crippen LogP contribution in [0.15, 0.2) is 0 Å². The van der Waals surface area contributed by atoms with E-state index in [4.69, 9.17) is 0 Å². The fraction of sp³-hybridized carbons (Fsp3) is 0.950. The Morgan fingerprint density at radius 3 is 1.75 bits per heavy atom. The van der Waals surface area contributed by atoms with Crippen molar-refractivity contribution in [2.75, 3.05) is 0 Å². The lowest BCUT2D eigenvalue weighted by atomic mass is 9.78. The molecule has 0 spiro atoms. The molecule has 0 aromatic rings. The normalized spacial score (nSPS) is 16.4. The number of unbranched alkanes of at least 4 members (excludes halogenated alkanes) is 2. The number of hydrogen-bond acceptors (Lipinski definition) is 0. The second-order valence-corrected chi connectivity index (χ2v) is 7.02. The molecule has 0 aromatic heterocycles. The molecule has 20 heavy (non-hydrogen) atoms. The molecule has 121 valence electrons. The first kappa shape index (κ1) is 20.0. The smallest absolute Gasteiger partial charge is 0.0241 e. The summed E-state index contributed by atoms with van der Waals surface area (Å²) < 4.78 is 0. The molecule has 0 rings (SSSR count). The van der Waals surface area contributed by atoms with Crippen LogP contribution < -0.4 is 0 Å². The summed E-state index contributed by atoms with van der Waals surface area (Å²) in [6, 6.07) is 0. The van der Waals surface area contributed by atoms with Gasteiger partial charge in [-0.15, -0.1) is 0 Å². The summed E-state index contributed by atoms with van der Waals surface area (Å²) in [6.45, 7) is 14.3. The summed E-state index contributed by atoms with van der Waals surface area (Å²) in [5.41, 5.74) is 0. The van der Waals surface area contributed by atoms with Gasteiger partial charge in [-0.1, -0.05) is 92.9 Å². The van der Waals surface area contributed by atoms with Gasteiger partial charge in [-0.05, 0) is 36.5 Å². The van der Waals surface area contributed by atoms with Crippen LogP contribution >= 0.6 is 0 Å². The van der Waals surface area contributed by atoms with Crippen molar-refractivity contribution < 1.29 is 0 Å². The second kappa shape index (κ2) is 12.7. The highest BCUT2D eigenvalue weighted by atomic mass is 14.3. The van der Waals surface area contributed by atoms with Gasteiger partial charge >= 0.3 is 0 Å². The van der Waals surface area contributed by atoms with Crippen LogP contribution in [0.3, 0.4) is 0 Å². The Kier molecular flexibility index (Phi) is 12.7. The summed E-state index contributed by atoms with van der Waals surface area (Å²) >= 11 is 0. The third-order valence-electron chi connectivity index (χ3n) is 5.23. The molecular weight excluding hydrogens is 240 g/mol. The van der Waals surface area contributed by atoms with Crippen LogP contribution in [0.4, 0.5) is 0 Å². The van der Waals surface area contributed by atoms with Gasteiger partial charge in [0.1, 0.15) is 0 Å². The molecule has 0 fully saturated rings. The highest BCUT2D eigenvalue weighted by molar-refractivity contribution is 4.92. The molecule has 0 N–H and O–H groups in total. The van der Waals surface area contributed by atoms with E-state index in [1.807, 2.05) is 0 Å². The Balaban J connectivity index is 4.12. The number of hydrogen-bond donors (Lipinski definition) is 0. The average Bonchev–Trinajstić information content (AvgIpc) is 2.47. The zero-order valence-electron chi connectivity index (χ0n) is 15.3. The predicted octanol–water partition coefficient (Wildman–Crippen LogP) is 7.43. The zero-order valence-corrected chi connectivity index (χ0v) is 15.3. The highest BCUT2D eigenvalue weighted by Gasteiger charge is 2.20. The van der Waals surface area contributed by atoms with E-state index >= 15 is 0 Å². The van der Waals surface area contributed by atoms with Gasteiger partial charge in [0.05, 0.1) is 0 Å². The summed E-state index contributed by atoms with van der Waals surface area (Å²) in [4.78, 5) is 0. The van der Waals surface area contributed by atoms with Crippen LogP contribution in [0.25, 0.3) is 0 Å². The molecule has 0 aliphatic heterocycles. The topological polar surface area (TPSA) is 0 Å². The van der Waals surface area contributed by atoms with Crippen LogP contribution in [0.2, 0.25) is 0 Å². The molecule has 0 saturated carbocycles. The lowest BCUT2D eigenvalue weighted by Gasteiger charge is -2.27. The Morgan fingerprint density at radius 1 is 0.800 bits per heavy atom. The summed E-state index contributed by atoms with van der Waals surface area (Å²) in [6.07, 6.45) is 13.9. The maximum absolute atomic E-state index is 2.47. The van der Waals surface area contributed by atoms with Gasteiger partial charge in [0.2, 0.25) is 0 Å². The highest BCUT2D eigenvalue weighted by Crippen LogP contribution is 2.32. The van der Waals surface area contributed by atoms with Crippen molar-refractivity contribution in [2.24, 2.45) is 17.8 Å². The molecule has 0 amide bonds. The molecule has 0 aromatic carbocycles. The second-order valence-electron chi connectivity index (χ2n) is 7.02. The quantitative estimate of drug-likeness (QED) is 0.329. The average molecular weight is 282 g/mol. The van der Waals surface area contributed by atoms with E-state index in [0.29, 0.717) is 0 Å². The molecule has 0 aliphatic rings. The molecule has 0 heterocycles. The summed E-state index contributed by atoms with van der Waals surface area (Å²) in [5.74, 6) is 4.49. The zero-order chi connectivity index (χ0) is 15.4. The van der Waals surface area contributed by atoms with Crippen molar-refractivity contribution in [1.29, 1.82) is 0 Å². The Hall–Kier alpha value is 0. The standard InChI is InChI=1S/C20H41/c1-7-11-13-19(9-3)15-17(5)18(6)16-20(10-4)14-12-8-2/h17,19-20H,7-16H2,1-6H3. The minimum absolute atomic E-state index is 0.826. The van der Waals surface area contributed by atoms with E-state index < -0.39 is 0 Å². The van der Waals surface area contributed by atoms with Crippen molar-refractivity contribution in [3.8, 4) is 0 Å².